The van der Waals surface area contributed by atoms with Gasteiger partial charge in [-0.1, -0.05) is 11.6 Å². The SMILES string of the molecule is Nc1ccc(Cl)cc1C(=O)N1CCN(S(N)(=O)=O)CC1. The van der Waals surface area contributed by atoms with Gasteiger partial charge in [-0.05, 0) is 18.2 Å². The van der Waals surface area contributed by atoms with Crippen LogP contribution in [0, 0.1) is 0 Å². The molecule has 1 aromatic rings. The van der Waals surface area contributed by atoms with Gasteiger partial charge >= 0.3 is 0 Å². The molecule has 0 atom stereocenters. The van der Waals surface area contributed by atoms with Gasteiger partial charge in [0.25, 0.3) is 16.1 Å². The van der Waals surface area contributed by atoms with Crippen LogP contribution >= 0.6 is 11.6 Å². The number of nitrogens with zero attached hydrogens (tertiary/aromatic N) is 2. The van der Waals surface area contributed by atoms with Crippen molar-refractivity contribution in [3.63, 3.8) is 0 Å². The average Bonchev–Trinajstić information content (AvgIpc) is 2.40. The van der Waals surface area contributed by atoms with Crippen LogP contribution in [0.5, 0.6) is 0 Å². The Hall–Kier alpha value is -1.35. The summed E-state index contributed by atoms with van der Waals surface area (Å²) in [6.07, 6.45) is 0. The fraction of sp³-hybridized carbons (Fsp3) is 0.364. The maximum atomic E-state index is 12.3. The van der Waals surface area contributed by atoms with Crippen LogP contribution in [0.2, 0.25) is 5.02 Å². The van der Waals surface area contributed by atoms with Gasteiger partial charge in [-0.2, -0.15) is 12.7 Å². The Bertz CT molecular complexity index is 627. The molecule has 7 nitrogen and oxygen atoms in total. The van der Waals surface area contributed by atoms with Gasteiger partial charge in [0, 0.05) is 36.9 Å². The van der Waals surface area contributed by atoms with Gasteiger partial charge in [0.2, 0.25) is 0 Å². The number of hydrogen-bond acceptors (Lipinski definition) is 4. The summed E-state index contributed by atoms with van der Waals surface area (Å²) in [4.78, 5) is 13.8. The van der Waals surface area contributed by atoms with Gasteiger partial charge in [-0.3, -0.25) is 4.79 Å². The molecule has 0 unspecified atom stereocenters. The Balaban J connectivity index is 2.11. The standard InChI is InChI=1S/C11H15ClN4O3S/c12-8-1-2-10(13)9(7-8)11(17)15-3-5-16(6-4-15)20(14,18)19/h1-2,7H,3-6,13H2,(H2,14,18,19). The second kappa shape index (κ2) is 5.57. The highest BCUT2D eigenvalue weighted by atomic mass is 35.5. The van der Waals surface area contributed by atoms with Crippen LogP contribution < -0.4 is 10.9 Å². The molecule has 0 spiro atoms. The number of halogens is 1. The molecular formula is C11H15ClN4O3S. The molecule has 1 aliphatic heterocycles. The van der Waals surface area contributed by atoms with E-state index in [0.717, 1.165) is 4.31 Å². The zero-order chi connectivity index (χ0) is 14.9. The van der Waals surface area contributed by atoms with E-state index in [0.29, 0.717) is 16.3 Å². The third-order valence-corrected chi connectivity index (χ3v) is 4.45. The van der Waals surface area contributed by atoms with Crippen LogP contribution in [0.15, 0.2) is 18.2 Å². The number of hydrogen-bond donors (Lipinski definition) is 2. The largest absolute Gasteiger partial charge is 0.398 e. The fourth-order valence-corrected chi connectivity index (χ4v) is 2.87. The van der Waals surface area contributed by atoms with Crippen molar-refractivity contribution in [2.24, 2.45) is 5.14 Å². The van der Waals surface area contributed by atoms with Crippen molar-refractivity contribution in [2.75, 3.05) is 31.9 Å². The Kier molecular flexibility index (Phi) is 4.19. The minimum Gasteiger partial charge on any atom is -0.398 e. The van der Waals surface area contributed by atoms with Gasteiger partial charge in [0.05, 0.1) is 5.56 Å². The molecule has 0 saturated carbocycles. The lowest BCUT2D eigenvalue weighted by Gasteiger charge is -2.33. The van der Waals surface area contributed by atoms with E-state index in [9.17, 15) is 13.2 Å². The molecule has 1 amide bonds. The molecule has 0 aliphatic carbocycles. The lowest BCUT2D eigenvalue weighted by Crippen LogP contribution is -2.52. The number of nitrogens with two attached hydrogens (primary N) is 2. The van der Waals surface area contributed by atoms with Crippen LogP contribution in [0.25, 0.3) is 0 Å². The molecule has 4 N–H and O–H groups in total. The number of benzene rings is 1. The lowest BCUT2D eigenvalue weighted by molar-refractivity contribution is 0.0699. The topological polar surface area (TPSA) is 110 Å². The fourth-order valence-electron chi connectivity index (χ4n) is 2.03. The smallest absolute Gasteiger partial charge is 0.277 e. The summed E-state index contributed by atoms with van der Waals surface area (Å²) in [6.45, 7) is 0.874. The van der Waals surface area contributed by atoms with Gasteiger partial charge in [-0.25, -0.2) is 5.14 Å². The normalized spacial score (nSPS) is 17.2. The Morgan fingerprint density at radius 2 is 1.80 bits per heavy atom. The molecule has 110 valence electrons. The highest BCUT2D eigenvalue weighted by molar-refractivity contribution is 7.86. The van der Waals surface area contributed by atoms with Crippen molar-refractivity contribution < 1.29 is 13.2 Å². The van der Waals surface area contributed by atoms with Crippen LogP contribution in [0.3, 0.4) is 0 Å². The second-order valence-corrected chi connectivity index (χ2v) is 6.45. The van der Waals surface area contributed by atoms with E-state index in [1.54, 1.807) is 12.1 Å². The summed E-state index contributed by atoms with van der Waals surface area (Å²) in [5.74, 6) is -0.265. The van der Waals surface area contributed by atoms with Gasteiger partial charge in [0.1, 0.15) is 0 Å². The summed E-state index contributed by atoms with van der Waals surface area (Å²) < 4.78 is 23.5. The number of rotatable bonds is 2. The molecule has 0 bridgehead atoms. The highest BCUT2D eigenvalue weighted by Crippen LogP contribution is 2.20. The summed E-state index contributed by atoms with van der Waals surface area (Å²) in [6, 6.07) is 4.67. The summed E-state index contributed by atoms with van der Waals surface area (Å²) >= 11 is 5.85. The van der Waals surface area contributed by atoms with Crippen molar-refractivity contribution in [3.05, 3.63) is 28.8 Å². The van der Waals surface area contributed by atoms with Crippen LogP contribution in [-0.4, -0.2) is 49.7 Å². The predicted molar refractivity (Wildman–Crippen MR) is 76.4 cm³/mol. The predicted octanol–water partition coefficient (Wildman–Crippen LogP) is -0.117. The zero-order valence-electron chi connectivity index (χ0n) is 10.6. The van der Waals surface area contributed by atoms with Gasteiger partial charge in [0.15, 0.2) is 0 Å². The summed E-state index contributed by atoms with van der Waals surface area (Å²) in [5.41, 5.74) is 6.42. The number of carbonyl (C=O) groups excluding carboxylic acids is 1. The molecule has 0 radical (unpaired) electrons. The van der Waals surface area contributed by atoms with Crippen LogP contribution in [-0.2, 0) is 10.2 Å². The summed E-state index contributed by atoms with van der Waals surface area (Å²) in [7, 11) is -3.70. The maximum absolute atomic E-state index is 12.3. The molecule has 1 heterocycles. The minimum absolute atomic E-state index is 0.172. The van der Waals surface area contributed by atoms with Crippen molar-refractivity contribution in [2.45, 2.75) is 0 Å². The van der Waals surface area contributed by atoms with E-state index in [1.807, 2.05) is 0 Å². The number of amides is 1. The zero-order valence-corrected chi connectivity index (χ0v) is 12.2. The van der Waals surface area contributed by atoms with Gasteiger partial charge < -0.3 is 10.6 Å². The van der Waals surface area contributed by atoms with Crippen molar-refractivity contribution >= 4 is 33.4 Å². The molecule has 1 saturated heterocycles. The molecular weight excluding hydrogens is 304 g/mol. The Morgan fingerprint density at radius 1 is 1.20 bits per heavy atom. The first-order valence-corrected chi connectivity index (χ1v) is 7.79. The molecule has 1 aromatic carbocycles. The first-order valence-electron chi connectivity index (χ1n) is 5.91. The Morgan fingerprint density at radius 3 is 2.35 bits per heavy atom. The van der Waals surface area contributed by atoms with Crippen LogP contribution in [0.1, 0.15) is 10.4 Å². The monoisotopic (exact) mass is 318 g/mol. The molecule has 20 heavy (non-hydrogen) atoms. The minimum atomic E-state index is -3.70. The van der Waals surface area contributed by atoms with Crippen LogP contribution in [0.4, 0.5) is 5.69 Å². The molecule has 0 aromatic heterocycles. The van der Waals surface area contributed by atoms with E-state index in [2.05, 4.69) is 0 Å². The molecule has 2 rings (SSSR count). The van der Waals surface area contributed by atoms with E-state index >= 15 is 0 Å². The van der Waals surface area contributed by atoms with Crippen molar-refractivity contribution in [1.82, 2.24) is 9.21 Å². The third kappa shape index (κ3) is 3.21. The maximum Gasteiger partial charge on any atom is 0.277 e. The van der Waals surface area contributed by atoms with Crippen molar-refractivity contribution in [3.8, 4) is 0 Å². The number of nitrogen functional groups attached to an aromatic ring is 1. The average molecular weight is 319 g/mol. The van der Waals surface area contributed by atoms with E-state index in [-0.39, 0.29) is 32.1 Å². The Labute approximate surface area is 122 Å². The van der Waals surface area contributed by atoms with Gasteiger partial charge in [-0.15, -0.1) is 0 Å². The van der Waals surface area contributed by atoms with E-state index < -0.39 is 10.2 Å². The van der Waals surface area contributed by atoms with E-state index in [4.69, 9.17) is 22.5 Å². The molecule has 9 heteroatoms. The molecule has 1 fully saturated rings. The number of piperazine rings is 1. The first kappa shape index (κ1) is 15.0. The van der Waals surface area contributed by atoms with Crippen molar-refractivity contribution in [1.29, 1.82) is 0 Å². The third-order valence-electron chi connectivity index (χ3n) is 3.13. The summed E-state index contributed by atoms with van der Waals surface area (Å²) in [5, 5.41) is 5.47. The first-order chi connectivity index (χ1) is 9.29. The number of carbonyl (C=O) groups is 1. The van der Waals surface area contributed by atoms with E-state index in [1.165, 1.54) is 11.0 Å². The molecule has 1 aliphatic rings. The second-order valence-electron chi connectivity index (χ2n) is 4.47. The highest BCUT2D eigenvalue weighted by Gasteiger charge is 2.27. The number of anilines is 1. The lowest BCUT2D eigenvalue weighted by atomic mass is 10.1. The quantitative estimate of drug-likeness (QED) is 0.741.